The average molecular weight is 468 g/mol. The molecule has 1 N–H and O–H groups in total. The molecule has 0 saturated heterocycles. The Balaban J connectivity index is 1.43. The molecule has 0 aliphatic carbocycles. The van der Waals surface area contributed by atoms with Crippen molar-refractivity contribution in [1.82, 2.24) is 0 Å². The van der Waals surface area contributed by atoms with Crippen molar-refractivity contribution in [3.05, 3.63) is 65.7 Å². The van der Waals surface area contributed by atoms with Crippen LogP contribution in [0.2, 0.25) is 5.02 Å². The lowest BCUT2D eigenvalue weighted by molar-refractivity contribution is -0.161. The number of amides is 1. The van der Waals surface area contributed by atoms with E-state index >= 15 is 0 Å². The average Bonchev–Trinajstić information content (AvgIpc) is 3.15. The Morgan fingerprint density at radius 2 is 1.73 bits per heavy atom. The van der Waals surface area contributed by atoms with Crippen molar-refractivity contribution in [2.24, 2.45) is 0 Å². The quantitative estimate of drug-likeness (QED) is 0.357. The molecule has 0 aliphatic rings. The number of carbonyl (C=O) groups is 2. The second-order valence-electron chi connectivity index (χ2n) is 7.84. The minimum atomic E-state index is -1.31. The van der Waals surface area contributed by atoms with Crippen LogP contribution in [0, 0.1) is 0 Å². The first-order valence-electron chi connectivity index (χ1n) is 10.2. The summed E-state index contributed by atoms with van der Waals surface area (Å²) in [4.78, 5) is 25.0. The highest BCUT2D eigenvalue weighted by atomic mass is 35.5. The zero-order valence-corrected chi connectivity index (χ0v) is 19.1. The number of esters is 1. The van der Waals surface area contributed by atoms with Crippen LogP contribution in [0.1, 0.15) is 13.8 Å². The molecule has 4 rings (SSSR count). The normalized spacial score (nSPS) is 11.4. The Kier molecular flexibility index (Phi) is 6.16. The van der Waals surface area contributed by atoms with Crippen LogP contribution in [-0.4, -0.2) is 31.2 Å². The molecule has 0 aliphatic heterocycles. The summed E-state index contributed by atoms with van der Waals surface area (Å²) >= 11 is 5.86. The molecule has 1 amide bonds. The molecule has 33 heavy (non-hydrogen) atoms. The van der Waals surface area contributed by atoms with Crippen molar-refractivity contribution in [3.63, 3.8) is 0 Å². The zero-order valence-electron chi connectivity index (χ0n) is 18.3. The summed E-state index contributed by atoms with van der Waals surface area (Å²) in [5, 5.41) is 5.07. The number of ether oxygens (including phenoxy) is 3. The monoisotopic (exact) mass is 467 g/mol. The molecule has 0 fully saturated rings. The van der Waals surface area contributed by atoms with E-state index in [0.29, 0.717) is 27.8 Å². The molecule has 7 nitrogen and oxygen atoms in total. The lowest BCUT2D eigenvalue weighted by Gasteiger charge is -2.24. The lowest BCUT2D eigenvalue weighted by atomic mass is 10.1. The van der Waals surface area contributed by atoms with E-state index in [1.807, 2.05) is 24.3 Å². The van der Waals surface area contributed by atoms with Gasteiger partial charge >= 0.3 is 5.97 Å². The fraction of sp³-hybridized carbons (Fsp3) is 0.200. The van der Waals surface area contributed by atoms with E-state index in [9.17, 15) is 9.59 Å². The molecule has 8 heteroatoms. The summed E-state index contributed by atoms with van der Waals surface area (Å²) in [6.45, 7) is 2.62. The number of nitrogens with one attached hydrogen (secondary N) is 1. The molecule has 3 aromatic carbocycles. The Morgan fingerprint density at radius 1 is 1.00 bits per heavy atom. The third-order valence-electron chi connectivity index (χ3n) is 4.99. The molecule has 1 heterocycles. The van der Waals surface area contributed by atoms with Crippen LogP contribution in [-0.2, 0) is 14.3 Å². The molecular weight excluding hydrogens is 446 g/mol. The molecule has 0 unspecified atom stereocenters. The minimum Gasteiger partial charge on any atom is -0.495 e. The Hall–Kier alpha value is -3.71. The molecule has 0 spiro atoms. The molecule has 0 saturated carbocycles. The minimum absolute atomic E-state index is 0.404. The molecular formula is C25H22ClNO6. The Bertz CT molecular complexity index is 1330. The first-order valence-corrected chi connectivity index (χ1v) is 10.6. The first-order chi connectivity index (χ1) is 15.8. The second kappa shape index (κ2) is 9.03. The van der Waals surface area contributed by atoms with E-state index in [1.165, 1.54) is 7.11 Å². The summed E-state index contributed by atoms with van der Waals surface area (Å²) in [6.07, 6.45) is 0. The number of hydrogen-bond donors (Lipinski definition) is 1. The van der Waals surface area contributed by atoms with Gasteiger partial charge in [-0.1, -0.05) is 29.8 Å². The molecule has 0 bridgehead atoms. The number of halogens is 1. The summed E-state index contributed by atoms with van der Waals surface area (Å²) in [6, 6.07) is 17.7. The zero-order chi connectivity index (χ0) is 23.6. The third-order valence-corrected chi connectivity index (χ3v) is 5.24. The lowest BCUT2D eigenvalue weighted by Crippen LogP contribution is -2.41. The highest BCUT2D eigenvalue weighted by molar-refractivity contribution is 6.30. The van der Waals surface area contributed by atoms with Crippen LogP contribution in [0.5, 0.6) is 11.5 Å². The van der Waals surface area contributed by atoms with Gasteiger partial charge in [-0.2, -0.15) is 0 Å². The third kappa shape index (κ3) is 4.88. The predicted octanol–water partition coefficient (Wildman–Crippen LogP) is 5.59. The van der Waals surface area contributed by atoms with Crippen LogP contribution in [0.4, 0.5) is 5.69 Å². The maximum atomic E-state index is 12.5. The van der Waals surface area contributed by atoms with Crippen molar-refractivity contribution in [1.29, 1.82) is 0 Å². The van der Waals surface area contributed by atoms with Crippen LogP contribution in [0.3, 0.4) is 0 Å². The van der Waals surface area contributed by atoms with E-state index in [2.05, 4.69) is 5.32 Å². The standard InChI is InChI=1S/C25H22ClNO6/c1-25(2,33-16-10-8-15(26)9-11-16)24(29)31-14-23(28)27-19-13-21-18(12-22(19)30-3)17-6-4-5-7-20(17)32-21/h4-13H,14H2,1-3H3,(H,27,28). The SMILES string of the molecule is COc1cc2c(cc1NC(=O)COC(=O)C(C)(C)Oc1ccc(Cl)cc1)oc1ccccc12. The van der Waals surface area contributed by atoms with Gasteiger partial charge in [0.05, 0.1) is 12.8 Å². The number of para-hydroxylation sites is 1. The van der Waals surface area contributed by atoms with Crippen molar-refractivity contribution in [2.45, 2.75) is 19.4 Å². The molecule has 1 aromatic heterocycles. The maximum absolute atomic E-state index is 12.5. The van der Waals surface area contributed by atoms with Gasteiger partial charge in [-0.3, -0.25) is 4.79 Å². The van der Waals surface area contributed by atoms with Crippen molar-refractivity contribution in [3.8, 4) is 11.5 Å². The van der Waals surface area contributed by atoms with Gasteiger partial charge in [-0.05, 0) is 50.2 Å². The summed E-state index contributed by atoms with van der Waals surface area (Å²) < 4.78 is 22.2. The van der Waals surface area contributed by atoms with Gasteiger partial charge in [-0.15, -0.1) is 0 Å². The summed E-state index contributed by atoms with van der Waals surface area (Å²) in [7, 11) is 1.51. The van der Waals surface area contributed by atoms with Crippen molar-refractivity contribution in [2.75, 3.05) is 19.0 Å². The van der Waals surface area contributed by atoms with Gasteiger partial charge in [0.25, 0.3) is 5.91 Å². The van der Waals surface area contributed by atoms with Gasteiger partial charge in [0.1, 0.15) is 22.7 Å². The number of carbonyl (C=O) groups excluding carboxylic acids is 2. The fourth-order valence-electron chi connectivity index (χ4n) is 3.35. The number of methoxy groups -OCH3 is 1. The molecule has 4 aromatic rings. The summed E-state index contributed by atoms with van der Waals surface area (Å²) in [5.74, 6) is -0.304. The number of rotatable bonds is 7. The topological polar surface area (TPSA) is 87.0 Å². The van der Waals surface area contributed by atoms with Gasteiger partial charge in [-0.25, -0.2) is 4.79 Å². The van der Waals surface area contributed by atoms with E-state index in [0.717, 1.165) is 16.4 Å². The number of fused-ring (bicyclic) bond motifs is 3. The van der Waals surface area contributed by atoms with E-state index in [4.69, 9.17) is 30.2 Å². The van der Waals surface area contributed by atoms with Crippen LogP contribution < -0.4 is 14.8 Å². The predicted molar refractivity (Wildman–Crippen MR) is 126 cm³/mol. The van der Waals surface area contributed by atoms with E-state index in [1.54, 1.807) is 50.2 Å². The molecule has 0 radical (unpaired) electrons. The second-order valence-corrected chi connectivity index (χ2v) is 8.27. The van der Waals surface area contributed by atoms with Crippen LogP contribution in [0.15, 0.2) is 65.1 Å². The maximum Gasteiger partial charge on any atom is 0.350 e. The Labute approximate surface area is 195 Å². The van der Waals surface area contributed by atoms with Gasteiger partial charge < -0.3 is 23.9 Å². The van der Waals surface area contributed by atoms with Crippen LogP contribution in [0.25, 0.3) is 21.9 Å². The number of furan rings is 1. The number of hydrogen-bond acceptors (Lipinski definition) is 6. The van der Waals surface area contributed by atoms with Crippen LogP contribution >= 0.6 is 11.6 Å². The largest absolute Gasteiger partial charge is 0.495 e. The van der Waals surface area contributed by atoms with Gasteiger partial charge in [0, 0.05) is 21.9 Å². The summed E-state index contributed by atoms with van der Waals surface area (Å²) in [5.41, 5.74) is 0.428. The molecule has 170 valence electrons. The number of anilines is 1. The van der Waals surface area contributed by atoms with Crippen molar-refractivity contribution < 1.29 is 28.2 Å². The van der Waals surface area contributed by atoms with Gasteiger partial charge in [0.2, 0.25) is 0 Å². The smallest absolute Gasteiger partial charge is 0.350 e. The van der Waals surface area contributed by atoms with E-state index in [-0.39, 0.29) is 0 Å². The van der Waals surface area contributed by atoms with Gasteiger partial charge in [0.15, 0.2) is 12.2 Å². The Morgan fingerprint density at radius 3 is 2.45 bits per heavy atom. The van der Waals surface area contributed by atoms with E-state index < -0.39 is 24.1 Å². The highest BCUT2D eigenvalue weighted by Crippen LogP contribution is 2.36. The number of benzene rings is 3. The first kappa shape index (κ1) is 22.5. The highest BCUT2D eigenvalue weighted by Gasteiger charge is 2.32. The molecule has 0 atom stereocenters. The fourth-order valence-corrected chi connectivity index (χ4v) is 3.47. The van der Waals surface area contributed by atoms with Crippen molar-refractivity contribution >= 4 is 51.1 Å².